The van der Waals surface area contributed by atoms with Gasteiger partial charge in [-0.3, -0.25) is 4.79 Å². The van der Waals surface area contributed by atoms with Crippen molar-refractivity contribution in [1.29, 1.82) is 0 Å². The molecule has 84 valence electrons. The molecule has 0 saturated heterocycles. The van der Waals surface area contributed by atoms with Crippen LogP contribution in [0.4, 0.5) is 0 Å². The van der Waals surface area contributed by atoms with Crippen LogP contribution in [0.3, 0.4) is 0 Å². The van der Waals surface area contributed by atoms with Crippen molar-refractivity contribution in [3.05, 3.63) is 0 Å². The van der Waals surface area contributed by atoms with E-state index in [9.17, 15) is 13.2 Å². The summed E-state index contributed by atoms with van der Waals surface area (Å²) in [5.74, 6) is -0.849. The van der Waals surface area contributed by atoms with Gasteiger partial charge in [-0.15, -0.1) is 0 Å². The molecule has 1 amide bonds. The van der Waals surface area contributed by atoms with E-state index in [4.69, 9.17) is 0 Å². The molecule has 0 unspecified atom stereocenters. The van der Waals surface area contributed by atoms with E-state index in [-0.39, 0.29) is 0 Å². The van der Waals surface area contributed by atoms with Crippen molar-refractivity contribution in [2.75, 3.05) is 31.6 Å². The summed E-state index contributed by atoms with van der Waals surface area (Å²) >= 11 is 0. The van der Waals surface area contributed by atoms with Crippen molar-refractivity contribution in [3.63, 3.8) is 0 Å². The zero-order valence-corrected chi connectivity index (χ0v) is 9.49. The maximum atomic E-state index is 11.0. The fraction of sp³-hybridized carbons (Fsp3) is 0.875. The Morgan fingerprint density at radius 1 is 1.29 bits per heavy atom. The Bertz CT molecular complexity index is 262. The average Bonchev–Trinajstić information content (AvgIpc) is 2.00. The zero-order chi connectivity index (χ0) is 11.0. The van der Waals surface area contributed by atoms with Gasteiger partial charge in [0, 0.05) is 12.8 Å². The lowest BCUT2D eigenvalue weighted by Gasteiger charge is -2.04. The highest BCUT2D eigenvalue weighted by Crippen LogP contribution is 1.82. The smallest absolute Gasteiger partial charge is 0.235 e. The van der Waals surface area contributed by atoms with Gasteiger partial charge in [0.2, 0.25) is 5.91 Å². The van der Waals surface area contributed by atoms with Crippen LogP contribution in [-0.4, -0.2) is 46.0 Å². The fourth-order valence-electron chi connectivity index (χ4n) is 0.907. The maximum Gasteiger partial charge on any atom is 0.235 e. The van der Waals surface area contributed by atoms with Crippen molar-refractivity contribution >= 4 is 15.7 Å². The van der Waals surface area contributed by atoms with Gasteiger partial charge in [-0.25, -0.2) is 8.42 Å². The van der Waals surface area contributed by atoms with E-state index in [0.717, 1.165) is 25.8 Å². The van der Waals surface area contributed by atoms with Crippen LogP contribution >= 0.6 is 0 Å². The number of carbonyl (C=O) groups excluding carboxylic acids is 1. The summed E-state index contributed by atoms with van der Waals surface area (Å²) in [6, 6.07) is 0. The molecule has 0 rings (SSSR count). The van der Waals surface area contributed by atoms with Gasteiger partial charge in [0.1, 0.15) is 5.75 Å². The summed E-state index contributed by atoms with van der Waals surface area (Å²) in [7, 11) is -3.20. The van der Waals surface area contributed by atoms with E-state index in [2.05, 4.69) is 10.6 Å². The first-order valence-corrected chi connectivity index (χ1v) is 6.67. The maximum absolute atomic E-state index is 11.0. The van der Waals surface area contributed by atoms with Crippen molar-refractivity contribution in [1.82, 2.24) is 10.6 Å². The van der Waals surface area contributed by atoms with Crippen LogP contribution in [0.5, 0.6) is 0 Å². The number of sulfone groups is 1. The number of rotatable bonds is 7. The van der Waals surface area contributed by atoms with E-state index in [1.807, 2.05) is 6.92 Å². The van der Waals surface area contributed by atoms with Crippen LogP contribution in [0.2, 0.25) is 0 Å². The van der Waals surface area contributed by atoms with Crippen LogP contribution in [0.1, 0.15) is 13.3 Å². The van der Waals surface area contributed by atoms with Crippen LogP contribution in [0.15, 0.2) is 0 Å². The summed E-state index contributed by atoms with van der Waals surface area (Å²) in [5, 5.41) is 5.64. The monoisotopic (exact) mass is 222 g/mol. The first kappa shape index (κ1) is 13.4. The Morgan fingerprint density at radius 2 is 1.93 bits per heavy atom. The van der Waals surface area contributed by atoms with Crippen molar-refractivity contribution in [3.8, 4) is 0 Å². The van der Waals surface area contributed by atoms with Crippen molar-refractivity contribution in [2.45, 2.75) is 13.3 Å². The summed E-state index contributed by atoms with van der Waals surface area (Å²) in [6.07, 6.45) is 1.86. The Hall–Kier alpha value is -0.620. The molecule has 0 aromatic heterocycles. The molecule has 0 heterocycles. The first-order chi connectivity index (χ1) is 6.45. The van der Waals surface area contributed by atoms with Crippen LogP contribution < -0.4 is 10.6 Å². The van der Waals surface area contributed by atoms with Crippen LogP contribution in [0, 0.1) is 0 Å². The second kappa shape index (κ2) is 6.78. The highest BCUT2D eigenvalue weighted by molar-refractivity contribution is 7.91. The predicted octanol–water partition coefficient (Wildman–Crippen LogP) is -0.853. The second-order valence-corrected chi connectivity index (χ2v) is 5.27. The van der Waals surface area contributed by atoms with E-state index < -0.39 is 21.5 Å². The number of amides is 1. The van der Waals surface area contributed by atoms with E-state index in [0.29, 0.717) is 6.54 Å². The third-order valence-corrected chi connectivity index (χ3v) is 2.28. The van der Waals surface area contributed by atoms with Crippen LogP contribution in [-0.2, 0) is 14.6 Å². The number of hydrogen-bond acceptors (Lipinski definition) is 4. The summed E-state index contributed by atoms with van der Waals surface area (Å²) in [6.45, 7) is 4.25. The molecule has 0 radical (unpaired) electrons. The Balaban J connectivity index is 3.46. The predicted molar refractivity (Wildman–Crippen MR) is 55.9 cm³/mol. The number of carbonyl (C=O) groups is 1. The Morgan fingerprint density at radius 3 is 2.43 bits per heavy atom. The van der Waals surface area contributed by atoms with Gasteiger partial charge < -0.3 is 10.6 Å². The Labute approximate surface area is 85.2 Å². The molecule has 6 heteroatoms. The lowest BCUT2D eigenvalue weighted by atomic mass is 10.4. The highest BCUT2D eigenvalue weighted by Gasteiger charge is 2.09. The van der Waals surface area contributed by atoms with Gasteiger partial charge in [0.05, 0.1) is 0 Å². The summed E-state index contributed by atoms with van der Waals surface area (Å²) in [4.78, 5) is 11.0. The molecule has 0 aliphatic heterocycles. The van der Waals surface area contributed by atoms with Crippen LogP contribution in [0.25, 0.3) is 0 Å². The third kappa shape index (κ3) is 9.47. The summed E-state index contributed by atoms with van der Waals surface area (Å²) in [5.41, 5.74) is 0. The molecular weight excluding hydrogens is 204 g/mol. The van der Waals surface area contributed by atoms with Crippen molar-refractivity contribution < 1.29 is 13.2 Å². The molecule has 0 saturated carbocycles. The minimum Gasteiger partial charge on any atom is -0.355 e. The highest BCUT2D eigenvalue weighted by atomic mass is 32.2. The third-order valence-electron chi connectivity index (χ3n) is 1.50. The molecule has 0 aliphatic rings. The van der Waals surface area contributed by atoms with Gasteiger partial charge in [-0.05, 0) is 19.5 Å². The molecule has 0 spiro atoms. The summed E-state index contributed by atoms with van der Waals surface area (Å²) < 4.78 is 21.4. The molecule has 0 aromatic rings. The molecular formula is C8H18N2O3S. The van der Waals surface area contributed by atoms with E-state index in [1.54, 1.807) is 0 Å². The zero-order valence-electron chi connectivity index (χ0n) is 8.67. The molecule has 0 aliphatic carbocycles. The number of hydrogen-bond donors (Lipinski definition) is 2. The quantitative estimate of drug-likeness (QED) is 0.550. The topological polar surface area (TPSA) is 75.3 Å². The minimum absolute atomic E-state index is 0.422. The number of nitrogens with one attached hydrogen (secondary N) is 2. The van der Waals surface area contributed by atoms with Gasteiger partial charge in [0.15, 0.2) is 9.84 Å². The van der Waals surface area contributed by atoms with Gasteiger partial charge in [-0.1, -0.05) is 6.92 Å². The molecule has 5 nitrogen and oxygen atoms in total. The lowest BCUT2D eigenvalue weighted by Crippen LogP contribution is -2.32. The molecule has 0 atom stereocenters. The SMILES string of the molecule is CCNCCCNC(=O)CS(C)(=O)=O. The van der Waals surface area contributed by atoms with Gasteiger partial charge in [0.25, 0.3) is 0 Å². The van der Waals surface area contributed by atoms with Gasteiger partial charge in [-0.2, -0.15) is 0 Å². The molecule has 0 aromatic carbocycles. The molecule has 14 heavy (non-hydrogen) atoms. The van der Waals surface area contributed by atoms with E-state index in [1.165, 1.54) is 0 Å². The average molecular weight is 222 g/mol. The molecule has 2 N–H and O–H groups in total. The Kier molecular flexibility index (Phi) is 6.48. The van der Waals surface area contributed by atoms with Gasteiger partial charge >= 0.3 is 0 Å². The fourth-order valence-corrected chi connectivity index (χ4v) is 1.49. The first-order valence-electron chi connectivity index (χ1n) is 4.61. The largest absolute Gasteiger partial charge is 0.355 e. The van der Waals surface area contributed by atoms with E-state index >= 15 is 0 Å². The normalized spacial score (nSPS) is 11.3. The lowest BCUT2D eigenvalue weighted by molar-refractivity contribution is -0.118. The van der Waals surface area contributed by atoms with Crippen molar-refractivity contribution in [2.24, 2.45) is 0 Å². The molecule has 0 fully saturated rings. The molecule has 0 bridgehead atoms. The second-order valence-electron chi connectivity index (χ2n) is 3.13. The minimum atomic E-state index is -3.20. The standard InChI is InChI=1S/C8H18N2O3S/c1-3-9-5-4-6-10-8(11)7-14(2,12)13/h9H,3-7H2,1-2H3,(H,10,11).